The molecule has 0 bridgehead atoms. The minimum absolute atomic E-state index is 0.112. The Morgan fingerprint density at radius 1 is 1.38 bits per heavy atom. The first-order chi connectivity index (χ1) is 6.05. The van der Waals surface area contributed by atoms with Gasteiger partial charge in [0.25, 0.3) is 0 Å². The zero-order valence-corrected chi connectivity index (χ0v) is 9.03. The van der Waals surface area contributed by atoms with Gasteiger partial charge in [-0.2, -0.15) is 5.10 Å². The van der Waals surface area contributed by atoms with Crippen molar-refractivity contribution in [2.24, 2.45) is 0 Å². The fraction of sp³-hybridized carbons (Fsp3) is 0.600. The maximum atomic E-state index is 11.1. The molecule has 0 radical (unpaired) electrons. The Balaban J connectivity index is 0.000000671. The van der Waals surface area contributed by atoms with E-state index in [1.165, 1.54) is 0 Å². The van der Waals surface area contributed by atoms with Gasteiger partial charge in [0.15, 0.2) is 5.78 Å². The molecule has 0 N–H and O–H groups in total. The van der Waals surface area contributed by atoms with Crippen molar-refractivity contribution >= 4 is 5.78 Å². The third-order valence-electron chi connectivity index (χ3n) is 1.94. The smallest absolute Gasteiger partial charge is 0.156 e. The third-order valence-corrected chi connectivity index (χ3v) is 1.94. The Hall–Kier alpha value is -1.12. The maximum absolute atomic E-state index is 11.1. The molecule has 0 atom stereocenters. The van der Waals surface area contributed by atoms with Crippen molar-refractivity contribution in [2.75, 3.05) is 0 Å². The van der Waals surface area contributed by atoms with Gasteiger partial charge in [-0.1, -0.05) is 13.8 Å². The van der Waals surface area contributed by atoms with Crippen LogP contribution in [-0.4, -0.2) is 15.6 Å². The lowest BCUT2D eigenvalue weighted by Crippen LogP contribution is -2.34. The molecule has 0 fully saturated rings. The summed E-state index contributed by atoms with van der Waals surface area (Å²) in [5, 5.41) is 4.00. The summed E-state index contributed by atoms with van der Waals surface area (Å²) in [6.45, 7) is 9.27. The maximum Gasteiger partial charge on any atom is 0.156 e. The minimum atomic E-state index is -0.510. The second-order valence-electron chi connectivity index (χ2n) is 3.07. The predicted molar refractivity (Wildman–Crippen MR) is 53.6 cm³/mol. The van der Waals surface area contributed by atoms with Gasteiger partial charge in [0.2, 0.25) is 0 Å². The normalized spacial score (nSPS) is 10.2. The van der Waals surface area contributed by atoms with Crippen molar-refractivity contribution in [3.05, 3.63) is 18.5 Å². The molecule has 1 aromatic rings. The lowest BCUT2D eigenvalue weighted by Gasteiger charge is -2.21. The number of carbonyl (C=O) groups excluding carboxylic acids is 1. The molecule has 0 unspecified atom stereocenters. The second-order valence-corrected chi connectivity index (χ2v) is 3.07. The van der Waals surface area contributed by atoms with E-state index in [4.69, 9.17) is 0 Å². The van der Waals surface area contributed by atoms with E-state index in [2.05, 4.69) is 5.10 Å². The molecule has 0 saturated heterocycles. The fourth-order valence-corrected chi connectivity index (χ4v) is 0.761. The molecule has 74 valence electrons. The monoisotopic (exact) mass is 182 g/mol. The number of carbonyl (C=O) groups is 1. The molecule has 0 aliphatic heterocycles. The molecule has 0 aliphatic carbocycles. The molecule has 0 amide bonds. The first-order valence-corrected chi connectivity index (χ1v) is 4.56. The van der Waals surface area contributed by atoms with Gasteiger partial charge in [-0.25, -0.2) is 0 Å². The molecule has 13 heavy (non-hydrogen) atoms. The summed E-state index contributed by atoms with van der Waals surface area (Å²) in [7, 11) is 0. The van der Waals surface area contributed by atoms with Crippen LogP contribution in [0.15, 0.2) is 18.5 Å². The van der Waals surface area contributed by atoms with E-state index in [1.54, 1.807) is 24.0 Å². The third kappa shape index (κ3) is 2.68. The van der Waals surface area contributed by atoms with Gasteiger partial charge >= 0.3 is 0 Å². The highest BCUT2D eigenvalue weighted by atomic mass is 16.1. The number of hydrogen-bond donors (Lipinski definition) is 0. The molecule has 0 saturated carbocycles. The van der Waals surface area contributed by atoms with E-state index in [-0.39, 0.29) is 5.78 Å². The van der Waals surface area contributed by atoms with Crippen molar-refractivity contribution < 1.29 is 4.79 Å². The first-order valence-electron chi connectivity index (χ1n) is 4.56. The van der Waals surface area contributed by atoms with E-state index >= 15 is 0 Å². The SMILES string of the molecule is CC.CC(=O)C(C)(C)n1cccn1. The van der Waals surface area contributed by atoms with Gasteiger partial charge in [0.1, 0.15) is 5.54 Å². The Morgan fingerprint density at radius 3 is 2.23 bits per heavy atom. The highest BCUT2D eigenvalue weighted by Crippen LogP contribution is 2.13. The van der Waals surface area contributed by atoms with Crippen molar-refractivity contribution in [1.82, 2.24) is 9.78 Å². The van der Waals surface area contributed by atoms with Crippen molar-refractivity contribution in [1.29, 1.82) is 0 Å². The van der Waals surface area contributed by atoms with Gasteiger partial charge in [-0.3, -0.25) is 9.48 Å². The van der Waals surface area contributed by atoms with Crippen LogP contribution in [0.3, 0.4) is 0 Å². The summed E-state index contributed by atoms with van der Waals surface area (Å²) in [5.41, 5.74) is -0.510. The molecule has 3 heteroatoms. The Morgan fingerprint density at radius 2 is 1.92 bits per heavy atom. The number of nitrogens with zero attached hydrogens (tertiary/aromatic N) is 2. The Bertz CT molecular complexity index is 250. The zero-order valence-electron chi connectivity index (χ0n) is 9.03. The van der Waals surface area contributed by atoms with Crippen LogP contribution in [0, 0.1) is 0 Å². The van der Waals surface area contributed by atoms with Crippen molar-refractivity contribution in [3.63, 3.8) is 0 Å². The summed E-state index contributed by atoms with van der Waals surface area (Å²) in [6.07, 6.45) is 3.46. The van der Waals surface area contributed by atoms with Crippen LogP contribution in [0.5, 0.6) is 0 Å². The standard InChI is InChI=1S/C8H12N2O.C2H6/c1-7(11)8(2,3)10-6-4-5-9-10;1-2/h4-6H,1-3H3;1-2H3. The molecule has 1 heterocycles. The fourth-order valence-electron chi connectivity index (χ4n) is 0.761. The van der Waals surface area contributed by atoms with Crippen LogP contribution >= 0.6 is 0 Å². The molecule has 0 spiro atoms. The van der Waals surface area contributed by atoms with Gasteiger partial charge in [0, 0.05) is 12.4 Å². The van der Waals surface area contributed by atoms with E-state index in [1.807, 2.05) is 33.8 Å². The predicted octanol–water partition coefficient (Wildman–Crippen LogP) is 2.23. The minimum Gasteiger partial charge on any atom is -0.297 e. The lowest BCUT2D eigenvalue weighted by molar-refractivity contribution is -0.124. The van der Waals surface area contributed by atoms with Crippen LogP contribution < -0.4 is 0 Å². The van der Waals surface area contributed by atoms with Gasteiger partial charge in [-0.15, -0.1) is 0 Å². The summed E-state index contributed by atoms with van der Waals surface area (Å²) < 4.78 is 1.66. The number of ketones is 1. The zero-order chi connectivity index (χ0) is 10.5. The van der Waals surface area contributed by atoms with Crippen LogP contribution in [0.2, 0.25) is 0 Å². The molecule has 1 rings (SSSR count). The largest absolute Gasteiger partial charge is 0.297 e. The molecule has 0 aromatic carbocycles. The Labute approximate surface area is 79.8 Å². The summed E-state index contributed by atoms with van der Waals surface area (Å²) in [4.78, 5) is 11.1. The number of Topliss-reactive ketones (excluding diaryl/α,β-unsaturated/α-hetero) is 1. The van der Waals surface area contributed by atoms with E-state index in [0.717, 1.165) is 0 Å². The molecular weight excluding hydrogens is 164 g/mol. The van der Waals surface area contributed by atoms with E-state index in [9.17, 15) is 4.79 Å². The average molecular weight is 182 g/mol. The van der Waals surface area contributed by atoms with Gasteiger partial charge < -0.3 is 0 Å². The van der Waals surface area contributed by atoms with Gasteiger partial charge in [-0.05, 0) is 26.8 Å². The van der Waals surface area contributed by atoms with Crippen molar-refractivity contribution in [3.8, 4) is 0 Å². The summed E-state index contributed by atoms with van der Waals surface area (Å²) >= 11 is 0. The summed E-state index contributed by atoms with van der Waals surface area (Å²) in [6, 6.07) is 1.81. The quantitative estimate of drug-likeness (QED) is 0.703. The van der Waals surface area contributed by atoms with Crippen LogP contribution in [0.4, 0.5) is 0 Å². The first kappa shape index (κ1) is 11.9. The van der Waals surface area contributed by atoms with Gasteiger partial charge in [0.05, 0.1) is 0 Å². The van der Waals surface area contributed by atoms with E-state index < -0.39 is 5.54 Å². The number of aromatic nitrogens is 2. The van der Waals surface area contributed by atoms with E-state index in [0.29, 0.717) is 0 Å². The molecule has 3 nitrogen and oxygen atoms in total. The van der Waals surface area contributed by atoms with Crippen LogP contribution in [0.25, 0.3) is 0 Å². The second kappa shape index (κ2) is 4.80. The molecule has 0 aliphatic rings. The average Bonchev–Trinajstić information content (AvgIpc) is 2.60. The number of hydrogen-bond acceptors (Lipinski definition) is 2. The highest BCUT2D eigenvalue weighted by molar-refractivity contribution is 5.83. The molecular formula is C10H18N2O. The van der Waals surface area contributed by atoms with Crippen molar-refractivity contribution in [2.45, 2.75) is 40.2 Å². The van der Waals surface area contributed by atoms with Crippen LogP contribution in [-0.2, 0) is 10.3 Å². The highest BCUT2D eigenvalue weighted by Gasteiger charge is 2.25. The van der Waals surface area contributed by atoms with Crippen LogP contribution in [0.1, 0.15) is 34.6 Å². The Kier molecular flexibility index (Phi) is 4.38. The topological polar surface area (TPSA) is 34.9 Å². The number of rotatable bonds is 2. The molecule has 1 aromatic heterocycles. The summed E-state index contributed by atoms with van der Waals surface area (Å²) in [5.74, 6) is 0.112. The lowest BCUT2D eigenvalue weighted by atomic mass is 10.0.